The summed E-state index contributed by atoms with van der Waals surface area (Å²) in [6.45, 7) is 2.61. The number of nitro groups is 1. The average Bonchev–Trinajstić information content (AvgIpc) is 2.38. The van der Waals surface area contributed by atoms with E-state index in [1.807, 2.05) is 13.0 Å². The van der Waals surface area contributed by atoms with E-state index in [1.54, 1.807) is 0 Å². The molecular formula is C12H16N2O4S. The summed E-state index contributed by atoms with van der Waals surface area (Å²) in [4.78, 5) is 22.2. The molecular weight excluding hydrogens is 268 g/mol. The summed E-state index contributed by atoms with van der Waals surface area (Å²) in [7, 11) is 1.34. The largest absolute Gasteiger partial charge is 0.469 e. The third-order valence-corrected chi connectivity index (χ3v) is 3.26. The van der Waals surface area contributed by atoms with Crippen LogP contribution in [0.25, 0.3) is 0 Å². The topological polar surface area (TPSA) is 81.5 Å². The molecule has 0 unspecified atom stereocenters. The lowest BCUT2D eigenvalue weighted by atomic mass is 10.3. The molecule has 19 heavy (non-hydrogen) atoms. The van der Waals surface area contributed by atoms with Gasteiger partial charge in [-0.1, -0.05) is 0 Å². The summed E-state index contributed by atoms with van der Waals surface area (Å²) in [5.41, 5.74) is 0.747. The number of thioether (sulfide) groups is 1. The van der Waals surface area contributed by atoms with Crippen molar-refractivity contribution in [1.29, 1.82) is 0 Å². The Morgan fingerprint density at radius 3 is 2.79 bits per heavy atom. The minimum absolute atomic E-state index is 0.0408. The van der Waals surface area contributed by atoms with Crippen LogP contribution in [-0.4, -0.2) is 30.3 Å². The van der Waals surface area contributed by atoms with Crippen molar-refractivity contribution in [1.82, 2.24) is 0 Å². The quantitative estimate of drug-likeness (QED) is 0.359. The number of carbonyl (C=O) groups excluding carboxylic acids is 1. The molecule has 1 rings (SSSR count). The Morgan fingerprint density at radius 1 is 1.47 bits per heavy atom. The number of nitro benzene ring substituents is 1. The highest BCUT2D eigenvalue weighted by molar-refractivity contribution is 7.99. The number of esters is 1. The molecule has 0 saturated heterocycles. The van der Waals surface area contributed by atoms with Gasteiger partial charge in [0.15, 0.2) is 0 Å². The summed E-state index contributed by atoms with van der Waals surface area (Å²) in [5, 5.41) is 13.9. The maximum Gasteiger partial charge on any atom is 0.306 e. The summed E-state index contributed by atoms with van der Waals surface area (Å²) < 4.78 is 4.54. The van der Waals surface area contributed by atoms with Gasteiger partial charge in [0.1, 0.15) is 0 Å². The molecule has 0 aliphatic rings. The van der Waals surface area contributed by atoms with Crippen LogP contribution in [0, 0.1) is 10.1 Å². The molecule has 6 nitrogen and oxygen atoms in total. The van der Waals surface area contributed by atoms with Crippen LogP contribution in [0.4, 0.5) is 11.4 Å². The van der Waals surface area contributed by atoms with Crippen molar-refractivity contribution in [3.63, 3.8) is 0 Å². The van der Waals surface area contributed by atoms with Crippen LogP contribution in [-0.2, 0) is 9.53 Å². The lowest BCUT2D eigenvalue weighted by molar-refractivity contribution is -0.385. The Morgan fingerprint density at radius 2 is 2.21 bits per heavy atom. The van der Waals surface area contributed by atoms with Gasteiger partial charge in [-0.05, 0) is 13.0 Å². The first kappa shape index (κ1) is 15.3. The van der Waals surface area contributed by atoms with Crippen molar-refractivity contribution in [3.8, 4) is 0 Å². The standard InChI is InChI=1S/C12H16N2O4S/c1-3-13-9-6-10(14(16)17)8-11(7-9)19-5-4-12(15)18-2/h6-8,13H,3-5H2,1-2H3. The number of non-ortho nitro benzene ring substituents is 1. The molecule has 1 aromatic carbocycles. The Balaban J connectivity index is 2.75. The normalized spacial score (nSPS) is 10.0. The van der Waals surface area contributed by atoms with Gasteiger partial charge < -0.3 is 10.1 Å². The zero-order chi connectivity index (χ0) is 14.3. The lowest BCUT2D eigenvalue weighted by Gasteiger charge is -2.06. The Kier molecular flexibility index (Phi) is 6.14. The van der Waals surface area contributed by atoms with Crippen LogP contribution in [0.3, 0.4) is 0 Å². The van der Waals surface area contributed by atoms with Crippen LogP contribution < -0.4 is 5.32 Å². The van der Waals surface area contributed by atoms with E-state index < -0.39 is 4.92 Å². The number of methoxy groups -OCH3 is 1. The third kappa shape index (κ3) is 5.17. The van der Waals surface area contributed by atoms with Gasteiger partial charge in [0, 0.05) is 35.0 Å². The van der Waals surface area contributed by atoms with Crippen LogP contribution in [0.1, 0.15) is 13.3 Å². The SMILES string of the molecule is CCNc1cc(SCCC(=O)OC)cc([N+](=O)[O-])c1. The maximum atomic E-state index is 11.0. The molecule has 0 bridgehead atoms. The number of hydrogen-bond donors (Lipinski definition) is 1. The molecule has 0 aromatic heterocycles. The highest BCUT2D eigenvalue weighted by atomic mass is 32.2. The number of nitrogens with one attached hydrogen (secondary N) is 1. The monoisotopic (exact) mass is 284 g/mol. The molecule has 0 aliphatic heterocycles. The van der Waals surface area contributed by atoms with Gasteiger partial charge in [0.05, 0.1) is 18.5 Å². The predicted molar refractivity (Wildman–Crippen MR) is 74.6 cm³/mol. The van der Waals surface area contributed by atoms with Crippen molar-refractivity contribution in [2.24, 2.45) is 0 Å². The van der Waals surface area contributed by atoms with Gasteiger partial charge in [0.2, 0.25) is 0 Å². The fourth-order valence-electron chi connectivity index (χ4n) is 1.43. The van der Waals surface area contributed by atoms with Crippen molar-refractivity contribution < 1.29 is 14.5 Å². The highest BCUT2D eigenvalue weighted by Gasteiger charge is 2.10. The van der Waals surface area contributed by atoms with E-state index in [1.165, 1.54) is 31.0 Å². The van der Waals surface area contributed by atoms with Crippen LogP contribution >= 0.6 is 11.8 Å². The maximum absolute atomic E-state index is 11.0. The first-order chi connectivity index (χ1) is 9.06. The highest BCUT2D eigenvalue weighted by Crippen LogP contribution is 2.28. The van der Waals surface area contributed by atoms with Gasteiger partial charge >= 0.3 is 5.97 Å². The summed E-state index contributed by atoms with van der Waals surface area (Å²) >= 11 is 1.39. The van der Waals surface area contributed by atoms with E-state index in [2.05, 4.69) is 10.1 Å². The van der Waals surface area contributed by atoms with Crippen LogP contribution in [0.2, 0.25) is 0 Å². The third-order valence-electron chi connectivity index (χ3n) is 2.29. The molecule has 0 aliphatic carbocycles. The van der Waals surface area contributed by atoms with E-state index in [-0.39, 0.29) is 18.1 Å². The number of rotatable bonds is 7. The Hall–Kier alpha value is -1.76. The Bertz CT molecular complexity index is 465. The second-order valence-electron chi connectivity index (χ2n) is 3.68. The second kappa shape index (κ2) is 7.63. The van der Waals surface area contributed by atoms with Gasteiger partial charge in [-0.2, -0.15) is 0 Å². The summed E-state index contributed by atoms with van der Waals surface area (Å²) in [6, 6.07) is 4.83. The molecule has 1 N–H and O–H groups in total. The molecule has 0 heterocycles. The van der Waals surface area contributed by atoms with E-state index in [4.69, 9.17) is 0 Å². The Labute approximate surface area is 115 Å². The molecule has 104 valence electrons. The van der Waals surface area contributed by atoms with E-state index in [9.17, 15) is 14.9 Å². The average molecular weight is 284 g/mol. The molecule has 1 aromatic rings. The molecule has 7 heteroatoms. The molecule has 0 spiro atoms. The molecule has 0 radical (unpaired) electrons. The van der Waals surface area contributed by atoms with E-state index in [0.29, 0.717) is 18.0 Å². The zero-order valence-electron chi connectivity index (χ0n) is 10.8. The van der Waals surface area contributed by atoms with Gasteiger partial charge in [-0.15, -0.1) is 11.8 Å². The minimum Gasteiger partial charge on any atom is -0.469 e. The number of benzene rings is 1. The minimum atomic E-state index is -0.425. The first-order valence-corrected chi connectivity index (χ1v) is 6.78. The molecule has 0 fully saturated rings. The van der Waals surface area contributed by atoms with Crippen molar-refractivity contribution >= 4 is 29.1 Å². The van der Waals surface area contributed by atoms with Gasteiger partial charge in [-0.3, -0.25) is 14.9 Å². The van der Waals surface area contributed by atoms with Crippen LogP contribution in [0.5, 0.6) is 0 Å². The van der Waals surface area contributed by atoms with E-state index >= 15 is 0 Å². The van der Waals surface area contributed by atoms with Crippen LogP contribution in [0.15, 0.2) is 23.1 Å². The van der Waals surface area contributed by atoms with Crippen molar-refractivity contribution in [2.75, 3.05) is 24.7 Å². The summed E-state index contributed by atoms with van der Waals surface area (Å²) in [5.74, 6) is 0.240. The molecule has 0 saturated carbocycles. The van der Waals surface area contributed by atoms with Gasteiger partial charge in [-0.25, -0.2) is 0 Å². The fourth-order valence-corrected chi connectivity index (χ4v) is 2.35. The number of ether oxygens (including phenoxy) is 1. The second-order valence-corrected chi connectivity index (χ2v) is 4.85. The predicted octanol–water partition coefficient (Wildman–Crippen LogP) is 2.68. The van der Waals surface area contributed by atoms with Crippen molar-refractivity contribution in [3.05, 3.63) is 28.3 Å². The number of nitrogens with zero attached hydrogens (tertiary/aromatic N) is 1. The molecule has 0 atom stereocenters. The fraction of sp³-hybridized carbons (Fsp3) is 0.417. The van der Waals surface area contributed by atoms with E-state index in [0.717, 1.165) is 4.90 Å². The number of hydrogen-bond acceptors (Lipinski definition) is 6. The van der Waals surface area contributed by atoms with Gasteiger partial charge in [0.25, 0.3) is 5.69 Å². The summed E-state index contributed by atoms with van der Waals surface area (Å²) in [6.07, 6.45) is 0.278. The van der Waals surface area contributed by atoms with Crippen molar-refractivity contribution in [2.45, 2.75) is 18.2 Å². The lowest BCUT2D eigenvalue weighted by Crippen LogP contribution is -2.01. The first-order valence-electron chi connectivity index (χ1n) is 5.79. The number of carbonyl (C=O) groups is 1. The smallest absolute Gasteiger partial charge is 0.306 e. The number of anilines is 1. The molecule has 0 amide bonds. The zero-order valence-corrected chi connectivity index (χ0v) is 11.7.